The van der Waals surface area contributed by atoms with Crippen LogP contribution in [0.2, 0.25) is 0 Å². The smallest absolute Gasteiger partial charge is 0.133 e. The molecule has 6 nitrogen and oxygen atoms in total. The highest BCUT2D eigenvalue weighted by Crippen LogP contribution is 2.61. The molecular weight excluding hydrogens is 434 g/mol. The Labute approximate surface area is 207 Å². The number of hydrogen-bond acceptors (Lipinski definition) is 5. The van der Waals surface area contributed by atoms with E-state index in [0.717, 1.165) is 55.3 Å². The summed E-state index contributed by atoms with van der Waals surface area (Å²) in [5.74, 6) is 3.50. The fourth-order valence-corrected chi connectivity index (χ4v) is 8.48. The second-order valence-corrected chi connectivity index (χ2v) is 12.1. The Morgan fingerprint density at radius 1 is 1.09 bits per heavy atom. The summed E-state index contributed by atoms with van der Waals surface area (Å²) in [5, 5.41) is 16.3. The van der Waals surface area contributed by atoms with Crippen molar-refractivity contribution in [2.75, 3.05) is 18.4 Å². The molecule has 4 fully saturated rings. The molecule has 8 rings (SSSR count). The van der Waals surface area contributed by atoms with Crippen molar-refractivity contribution in [1.82, 2.24) is 19.4 Å². The van der Waals surface area contributed by atoms with Gasteiger partial charge in [-0.2, -0.15) is 0 Å². The van der Waals surface area contributed by atoms with Crippen LogP contribution in [0.25, 0.3) is 10.9 Å². The molecule has 3 aromatic rings. The molecule has 2 N–H and O–H groups in total. The lowest BCUT2D eigenvalue weighted by Crippen LogP contribution is -2.53. The zero-order valence-corrected chi connectivity index (χ0v) is 20.8. The van der Waals surface area contributed by atoms with Gasteiger partial charge in [0.05, 0.1) is 11.8 Å². The quantitative estimate of drug-likeness (QED) is 0.554. The molecule has 1 aliphatic heterocycles. The molecule has 6 heteroatoms. The number of aliphatic hydroxyl groups is 1. The van der Waals surface area contributed by atoms with Crippen molar-refractivity contribution in [2.45, 2.75) is 64.1 Å². The van der Waals surface area contributed by atoms with Crippen LogP contribution in [-0.2, 0) is 26.6 Å². The molecule has 5 aliphatic rings. The van der Waals surface area contributed by atoms with Crippen molar-refractivity contribution in [2.24, 2.45) is 30.2 Å². The zero-order chi connectivity index (χ0) is 23.6. The number of anilines is 1. The van der Waals surface area contributed by atoms with Crippen LogP contribution in [0.4, 0.5) is 5.82 Å². The highest BCUT2D eigenvalue weighted by Gasteiger charge is 2.53. The maximum Gasteiger partial charge on any atom is 0.133 e. The Morgan fingerprint density at radius 2 is 1.83 bits per heavy atom. The van der Waals surface area contributed by atoms with E-state index in [1.807, 2.05) is 0 Å². The van der Waals surface area contributed by atoms with Crippen LogP contribution in [0.15, 0.2) is 36.8 Å². The normalized spacial score (nSPS) is 30.5. The minimum Gasteiger partial charge on any atom is -0.391 e. The maximum atomic E-state index is 11.4. The topological polar surface area (TPSA) is 66.2 Å². The second-order valence-electron chi connectivity index (χ2n) is 12.1. The number of fused-ring (bicyclic) bond motifs is 2. The highest BCUT2D eigenvalue weighted by molar-refractivity contribution is 5.83. The van der Waals surface area contributed by atoms with Crippen molar-refractivity contribution >= 4 is 16.7 Å². The molecule has 0 radical (unpaired) electrons. The first-order valence-electron chi connectivity index (χ1n) is 13.6. The summed E-state index contributed by atoms with van der Waals surface area (Å²) in [6, 6.07) is 8.64. The summed E-state index contributed by atoms with van der Waals surface area (Å²) in [6.07, 6.45) is 12.5. The predicted molar refractivity (Wildman–Crippen MR) is 138 cm³/mol. The molecule has 3 heterocycles. The number of nitrogens with zero attached hydrogens (tertiary/aromatic N) is 4. The van der Waals surface area contributed by atoms with E-state index in [0.29, 0.717) is 6.54 Å². The van der Waals surface area contributed by atoms with E-state index in [1.165, 1.54) is 60.6 Å². The van der Waals surface area contributed by atoms with Crippen LogP contribution in [0.3, 0.4) is 0 Å². The molecule has 4 saturated carbocycles. The molecule has 4 bridgehead atoms. The molecule has 0 spiro atoms. The van der Waals surface area contributed by atoms with E-state index in [-0.39, 0.29) is 11.5 Å². The van der Waals surface area contributed by atoms with Gasteiger partial charge in [-0.3, -0.25) is 4.90 Å². The Balaban J connectivity index is 1.04. The van der Waals surface area contributed by atoms with Crippen LogP contribution >= 0.6 is 0 Å². The summed E-state index contributed by atoms with van der Waals surface area (Å²) in [4.78, 5) is 11.8. The van der Waals surface area contributed by atoms with Gasteiger partial charge in [-0.1, -0.05) is 18.2 Å². The number of nitrogens with one attached hydrogen (secondary N) is 1. The fourth-order valence-electron chi connectivity index (χ4n) is 8.48. The van der Waals surface area contributed by atoms with Gasteiger partial charge in [-0.05, 0) is 79.7 Å². The minimum absolute atomic E-state index is 0.143. The average Bonchev–Trinajstić information content (AvgIpc) is 3.16. The molecule has 0 saturated heterocycles. The monoisotopic (exact) mass is 471 g/mol. The van der Waals surface area contributed by atoms with Crippen molar-refractivity contribution < 1.29 is 5.11 Å². The van der Waals surface area contributed by atoms with E-state index < -0.39 is 0 Å². The second kappa shape index (κ2) is 8.31. The van der Waals surface area contributed by atoms with Gasteiger partial charge in [0.25, 0.3) is 0 Å². The van der Waals surface area contributed by atoms with Gasteiger partial charge in [-0.15, -0.1) is 0 Å². The molecule has 0 amide bonds. The van der Waals surface area contributed by atoms with Crippen LogP contribution in [0, 0.1) is 23.2 Å². The van der Waals surface area contributed by atoms with Gasteiger partial charge in [0.2, 0.25) is 0 Å². The lowest BCUT2D eigenvalue weighted by Gasteiger charge is -2.58. The Hall–Kier alpha value is -2.44. The number of para-hydroxylation sites is 1. The third-order valence-corrected chi connectivity index (χ3v) is 9.71. The number of benzene rings is 1. The van der Waals surface area contributed by atoms with Crippen molar-refractivity contribution in [3.63, 3.8) is 0 Å². The Kier molecular flexibility index (Phi) is 5.18. The van der Waals surface area contributed by atoms with Crippen LogP contribution in [-0.4, -0.2) is 43.7 Å². The lowest BCUT2D eigenvalue weighted by molar-refractivity contribution is -0.115. The van der Waals surface area contributed by atoms with Crippen molar-refractivity contribution in [3.8, 4) is 0 Å². The SMILES string of the molecule is Cn1cc(CN2CCc3c(ncnc3NCC(O)C34CC5CC(CC(C5)C3)C4)C2)c2ccccc21. The van der Waals surface area contributed by atoms with Crippen LogP contribution < -0.4 is 5.32 Å². The summed E-state index contributed by atoms with van der Waals surface area (Å²) in [6.45, 7) is 3.37. The molecular formula is C29H37N5O. The largest absolute Gasteiger partial charge is 0.391 e. The first kappa shape index (κ1) is 21.8. The standard InChI is InChI=1S/C29H37N5O/c1-33-15-22(23-4-2-3-5-26(23)33)16-34-7-6-24-25(17-34)31-18-32-28(24)30-14-27(35)29-11-19-8-20(12-29)10-21(9-19)13-29/h2-5,15,18-21,27,35H,6-14,16-17H2,1H3,(H,30,31,32). The van der Waals surface area contributed by atoms with Crippen LogP contribution in [0.5, 0.6) is 0 Å². The third kappa shape index (κ3) is 3.77. The Morgan fingerprint density at radius 3 is 2.60 bits per heavy atom. The molecule has 184 valence electrons. The van der Waals surface area contributed by atoms with Gasteiger partial charge >= 0.3 is 0 Å². The van der Waals surface area contributed by atoms with Crippen molar-refractivity contribution in [1.29, 1.82) is 0 Å². The van der Waals surface area contributed by atoms with Crippen LogP contribution in [0.1, 0.15) is 55.3 Å². The zero-order valence-electron chi connectivity index (χ0n) is 20.8. The first-order valence-corrected chi connectivity index (χ1v) is 13.6. The average molecular weight is 472 g/mol. The van der Waals surface area contributed by atoms with E-state index in [4.69, 9.17) is 0 Å². The van der Waals surface area contributed by atoms with E-state index >= 15 is 0 Å². The molecule has 1 aromatic carbocycles. The van der Waals surface area contributed by atoms with Gasteiger partial charge < -0.3 is 15.0 Å². The summed E-state index contributed by atoms with van der Waals surface area (Å²) < 4.78 is 2.22. The van der Waals surface area contributed by atoms with E-state index in [2.05, 4.69) is 62.3 Å². The number of hydrogen-bond donors (Lipinski definition) is 2. The van der Waals surface area contributed by atoms with Gasteiger partial charge in [0, 0.05) is 55.9 Å². The first-order chi connectivity index (χ1) is 17.1. The summed E-state index contributed by atoms with van der Waals surface area (Å²) in [5.41, 5.74) is 5.16. The molecule has 35 heavy (non-hydrogen) atoms. The van der Waals surface area contributed by atoms with E-state index in [1.54, 1.807) is 6.33 Å². The van der Waals surface area contributed by atoms with E-state index in [9.17, 15) is 5.11 Å². The summed E-state index contributed by atoms with van der Waals surface area (Å²) >= 11 is 0. The number of aryl methyl sites for hydroxylation is 1. The predicted octanol–water partition coefficient (Wildman–Crippen LogP) is 4.52. The molecule has 4 aliphatic carbocycles. The number of rotatable bonds is 6. The van der Waals surface area contributed by atoms with Gasteiger partial charge in [-0.25, -0.2) is 9.97 Å². The lowest BCUT2D eigenvalue weighted by atomic mass is 9.48. The number of aromatic nitrogens is 3. The molecule has 1 atom stereocenters. The Bertz CT molecular complexity index is 1210. The fraction of sp³-hybridized carbons (Fsp3) is 0.586. The van der Waals surface area contributed by atoms with Gasteiger partial charge in [0.15, 0.2) is 0 Å². The third-order valence-electron chi connectivity index (χ3n) is 9.71. The highest BCUT2D eigenvalue weighted by atomic mass is 16.3. The molecule has 1 unspecified atom stereocenters. The maximum absolute atomic E-state index is 11.4. The molecule has 2 aromatic heterocycles. The number of aliphatic hydroxyl groups excluding tert-OH is 1. The van der Waals surface area contributed by atoms with Crippen molar-refractivity contribution in [3.05, 3.63) is 53.6 Å². The van der Waals surface area contributed by atoms with Gasteiger partial charge in [0.1, 0.15) is 12.1 Å². The minimum atomic E-state index is -0.284. The summed E-state index contributed by atoms with van der Waals surface area (Å²) in [7, 11) is 2.13.